The van der Waals surface area contributed by atoms with Gasteiger partial charge in [0.05, 0.1) is 0 Å². The Morgan fingerprint density at radius 3 is 2.39 bits per heavy atom. The molecule has 0 aliphatic rings. The molecule has 0 spiro atoms. The van der Waals surface area contributed by atoms with Gasteiger partial charge in [-0.3, -0.25) is 0 Å². The number of fused-ring (bicyclic) bond motifs is 1. The molecule has 0 unspecified atom stereocenters. The van der Waals surface area contributed by atoms with Gasteiger partial charge in [0.1, 0.15) is 12.4 Å². The summed E-state index contributed by atoms with van der Waals surface area (Å²) in [6, 6.07) is 11.6. The van der Waals surface area contributed by atoms with Crippen LogP contribution >= 0.6 is 0 Å². The first kappa shape index (κ1) is 17.3. The van der Waals surface area contributed by atoms with E-state index < -0.39 is 13.4 Å². The number of benzene rings is 2. The zero-order valence-corrected chi connectivity index (χ0v) is 15.3. The highest BCUT2D eigenvalue weighted by Crippen LogP contribution is 2.39. The van der Waals surface area contributed by atoms with E-state index in [1.165, 1.54) is 0 Å². The molecule has 2 rings (SSSR count). The van der Waals surface area contributed by atoms with Gasteiger partial charge >= 0.3 is 0 Å². The molecule has 2 aromatic carbocycles. The van der Waals surface area contributed by atoms with Crippen molar-refractivity contribution in [1.82, 2.24) is 0 Å². The molecule has 23 heavy (non-hydrogen) atoms. The normalized spacial score (nSPS) is 12.2. The Hall–Kier alpha value is -2.08. The van der Waals surface area contributed by atoms with E-state index in [1.807, 2.05) is 36.4 Å². The van der Waals surface area contributed by atoms with Crippen molar-refractivity contribution >= 4 is 19.1 Å². The van der Waals surface area contributed by atoms with E-state index in [0.29, 0.717) is 5.75 Å². The Balaban J connectivity index is 2.50. The lowest BCUT2D eigenvalue weighted by Gasteiger charge is -2.37. The largest absolute Gasteiger partial charge is 0.543 e. The zero-order chi connectivity index (χ0) is 17.3. The summed E-state index contributed by atoms with van der Waals surface area (Å²) in [6.45, 7) is 10.7. The number of rotatable bonds is 5. The Kier molecular flexibility index (Phi) is 4.65. The molecule has 0 aliphatic carbocycles. The number of hydrogen-bond donors (Lipinski definition) is 0. The first-order valence-electron chi connectivity index (χ1n) is 7.59. The van der Waals surface area contributed by atoms with Gasteiger partial charge in [-0.05, 0) is 35.0 Å². The lowest BCUT2D eigenvalue weighted by atomic mass is 10.0. The molecule has 0 saturated heterocycles. The van der Waals surface area contributed by atoms with Crippen molar-refractivity contribution in [3.63, 3.8) is 0 Å². The predicted octanol–water partition coefficient (Wildman–Crippen LogP) is 4.93. The van der Waals surface area contributed by atoms with Gasteiger partial charge in [-0.25, -0.2) is 0 Å². The highest BCUT2D eigenvalue weighted by Gasteiger charge is 2.39. The van der Waals surface area contributed by atoms with Crippen LogP contribution in [0.15, 0.2) is 36.4 Å². The van der Waals surface area contributed by atoms with Crippen molar-refractivity contribution in [3.05, 3.63) is 52.1 Å². The number of hydrogen-bond acceptors (Lipinski definition) is 4. The predicted molar refractivity (Wildman–Crippen MR) is 93.6 cm³/mol. The lowest BCUT2D eigenvalue weighted by molar-refractivity contribution is -0.762. The first-order valence-corrected chi connectivity index (χ1v) is 10.5. The van der Waals surface area contributed by atoms with Crippen molar-refractivity contribution in [2.75, 3.05) is 0 Å². The van der Waals surface area contributed by atoms with E-state index in [-0.39, 0.29) is 11.6 Å². The SMILES string of the molecule is CC(C)(C)[Si](C)(C)Oc1ccc2ccccc2c1CO[N+](=O)[O-]. The van der Waals surface area contributed by atoms with Crippen LogP contribution in [0.4, 0.5) is 0 Å². The van der Waals surface area contributed by atoms with Gasteiger partial charge in [0, 0.05) is 5.56 Å². The molecule has 0 fully saturated rings. The fraction of sp³-hybridized carbons (Fsp3) is 0.412. The van der Waals surface area contributed by atoms with Crippen LogP contribution in [0.1, 0.15) is 26.3 Å². The van der Waals surface area contributed by atoms with Crippen molar-refractivity contribution in [2.45, 2.75) is 45.5 Å². The smallest absolute Gasteiger partial charge is 0.294 e. The van der Waals surface area contributed by atoms with Crippen molar-refractivity contribution in [2.24, 2.45) is 0 Å². The summed E-state index contributed by atoms with van der Waals surface area (Å²) < 4.78 is 6.37. The monoisotopic (exact) mass is 333 g/mol. The second kappa shape index (κ2) is 6.20. The minimum Gasteiger partial charge on any atom is -0.543 e. The minimum atomic E-state index is -2.05. The molecule has 0 amide bonds. The molecular weight excluding hydrogens is 310 g/mol. The summed E-state index contributed by atoms with van der Waals surface area (Å²) >= 11 is 0. The van der Waals surface area contributed by atoms with Gasteiger partial charge in [0.25, 0.3) is 5.09 Å². The van der Waals surface area contributed by atoms with Crippen LogP contribution in [0.25, 0.3) is 10.8 Å². The maximum Gasteiger partial charge on any atom is 0.294 e. The molecular formula is C17H23NO4Si. The molecule has 0 aliphatic heterocycles. The highest BCUT2D eigenvalue weighted by molar-refractivity contribution is 6.74. The second-order valence-electron chi connectivity index (χ2n) is 7.12. The lowest BCUT2D eigenvalue weighted by Crippen LogP contribution is -2.44. The first-order chi connectivity index (χ1) is 10.6. The van der Waals surface area contributed by atoms with Gasteiger partial charge in [0.15, 0.2) is 0 Å². The Labute approximate surface area is 137 Å². The summed E-state index contributed by atoms with van der Waals surface area (Å²) in [6.07, 6.45) is 0. The van der Waals surface area contributed by atoms with Crippen LogP contribution in [0.2, 0.25) is 18.1 Å². The van der Waals surface area contributed by atoms with E-state index in [0.717, 1.165) is 16.3 Å². The van der Waals surface area contributed by atoms with Gasteiger partial charge in [-0.2, -0.15) is 0 Å². The summed E-state index contributed by atoms with van der Waals surface area (Å²) in [4.78, 5) is 15.3. The minimum absolute atomic E-state index is 0.0415. The third kappa shape index (κ3) is 3.82. The van der Waals surface area contributed by atoms with Gasteiger partial charge in [0.2, 0.25) is 8.32 Å². The average molecular weight is 333 g/mol. The molecule has 0 bridgehead atoms. The van der Waals surface area contributed by atoms with Crippen LogP contribution in [0.3, 0.4) is 0 Å². The topological polar surface area (TPSA) is 61.6 Å². The fourth-order valence-corrected chi connectivity index (χ4v) is 3.15. The molecule has 0 saturated carbocycles. The van der Waals surface area contributed by atoms with Crippen molar-refractivity contribution < 1.29 is 14.4 Å². The third-order valence-electron chi connectivity index (χ3n) is 4.48. The van der Waals surface area contributed by atoms with Crippen LogP contribution in [0.5, 0.6) is 5.75 Å². The van der Waals surface area contributed by atoms with E-state index in [4.69, 9.17) is 4.43 Å². The fourth-order valence-electron chi connectivity index (χ4n) is 2.11. The molecule has 5 nitrogen and oxygen atoms in total. The zero-order valence-electron chi connectivity index (χ0n) is 14.3. The molecule has 0 N–H and O–H groups in total. The molecule has 0 heterocycles. The Morgan fingerprint density at radius 1 is 1.13 bits per heavy atom. The number of nitrogens with zero attached hydrogens (tertiary/aromatic N) is 1. The van der Waals surface area contributed by atoms with E-state index >= 15 is 0 Å². The molecule has 0 atom stereocenters. The molecule has 124 valence electrons. The summed E-state index contributed by atoms with van der Waals surface area (Å²) in [5.41, 5.74) is 0.727. The Morgan fingerprint density at radius 2 is 1.78 bits per heavy atom. The molecule has 0 radical (unpaired) electrons. The van der Waals surface area contributed by atoms with Crippen LogP contribution < -0.4 is 4.43 Å². The van der Waals surface area contributed by atoms with Crippen LogP contribution in [0, 0.1) is 10.1 Å². The van der Waals surface area contributed by atoms with Gasteiger partial charge < -0.3 is 9.26 Å². The maximum atomic E-state index is 10.6. The maximum absolute atomic E-state index is 10.6. The second-order valence-corrected chi connectivity index (χ2v) is 11.8. The quantitative estimate of drug-likeness (QED) is 0.442. The summed E-state index contributed by atoms with van der Waals surface area (Å²) in [5, 5.41) is 11.8. The molecule has 6 heteroatoms. The van der Waals surface area contributed by atoms with Gasteiger partial charge in [-0.15, -0.1) is 10.1 Å². The molecule has 2 aromatic rings. The Bertz CT molecular complexity index is 722. The van der Waals surface area contributed by atoms with E-state index in [9.17, 15) is 10.1 Å². The van der Waals surface area contributed by atoms with E-state index in [2.05, 4.69) is 38.7 Å². The van der Waals surface area contributed by atoms with Crippen molar-refractivity contribution in [1.29, 1.82) is 0 Å². The average Bonchev–Trinajstić information content (AvgIpc) is 2.44. The summed E-state index contributed by atoms with van der Waals surface area (Å²) in [7, 11) is -2.05. The summed E-state index contributed by atoms with van der Waals surface area (Å²) in [5.74, 6) is 0.678. The van der Waals surface area contributed by atoms with Crippen LogP contribution in [-0.2, 0) is 11.4 Å². The van der Waals surface area contributed by atoms with Crippen LogP contribution in [-0.4, -0.2) is 13.4 Å². The third-order valence-corrected chi connectivity index (χ3v) is 8.83. The standard InChI is InChI=1S/C17H23NO4Si/c1-17(2,3)23(4,5)22-16-11-10-13-8-6-7-9-14(13)15(16)12-21-18(19)20/h6-11H,12H2,1-5H3. The molecule has 0 aromatic heterocycles. The van der Waals surface area contributed by atoms with Crippen molar-refractivity contribution in [3.8, 4) is 5.75 Å². The van der Waals surface area contributed by atoms with Gasteiger partial charge in [-0.1, -0.05) is 51.1 Å². The van der Waals surface area contributed by atoms with E-state index in [1.54, 1.807) is 0 Å². The highest BCUT2D eigenvalue weighted by atomic mass is 28.4.